The number of hydrogen-bond donors (Lipinski definition) is 1. The number of anilines is 2. The Labute approximate surface area is 205 Å². The summed E-state index contributed by atoms with van der Waals surface area (Å²) in [5.74, 6) is -0.328. The summed E-state index contributed by atoms with van der Waals surface area (Å²) in [6, 6.07) is 14.6. The molecule has 2 aromatic carbocycles. The normalized spacial score (nSPS) is 17.0. The highest BCUT2D eigenvalue weighted by molar-refractivity contribution is 7.89. The van der Waals surface area contributed by atoms with Crippen molar-refractivity contribution in [2.75, 3.05) is 49.6 Å². The first kappa shape index (κ1) is 23.5. The molecule has 2 aliphatic heterocycles. The molecule has 5 rings (SSSR count). The van der Waals surface area contributed by atoms with Crippen molar-refractivity contribution >= 4 is 27.3 Å². The number of nitrogens with one attached hydrogen (secondary N) is 1. The van der Waals surface area contributed by atoms with Crippen molar-refractivity contribution in [1.82, 2.24) is 14.1 Å². The standard InChI is InChI=1S/C25H29N5O4S/c1-19-22(18-26-30(19)20-7-3-2-4-8-20)25(31)27-23-17-21(9-10-24(23)28-11-5-6-12-28)35(32,33)29-13-15-34-16-14-29/h2-4,7-10,17-18H,5-6,11-16H2,1H3,(H,27,31). The average Bonchev–Trinajstić information content (AvgIpc) is 3.55. The zero-order valence-electron chi connectivity index (χ0n) is 19.7. The molecule has 0 atom stereocenters. The van der Waals surface area contributed by atoms with Gasteiger partial charge in [-0.3, -0.25) is 4.79 Å². The summed E-state index contributed by atoms with van der Waals surface area (Å²) in [6.45, 7) is 4.95. The molecule has 0 saturated carbocycles. The second kappa shape index (κ2) is 9.80. The Kier molecular flexibility index (Phi) is 6.59. The summed E-state index contributed by atoms with van der Waals surface area (Å²) < 4.78 is 35.0. The van der Waals surface area contributed by atoms with Gasteiger partial charge in [0.25, 0.3) is 5.91 Å². The van der Waals surface area contributed by atoms with Crippen molar-refractivity contribution in [3.63, 3.8) is 0 Å². The van der Waals surface area contributed by atoms with E-state index >= 15 is 0 Å². The number of aromatic nitrogens is 2. The molecule has 184 valence electrons. The van der Waals surface area contributed by atoms with E-state index in [1.165, 1.54) is 4.31 Å². The van der Waals surface area contributed by atoms with E-state index in [9.17, 15) is 13.2 Å². The second-order valence-corrected chi connectivity index (χ2v) is 10.7. The molecule has 35 heavy (non-hydrogen) atoms. The number of morpholine rings is 1. The molecule has 0 unspecified atom stereocenters. The van der Waals surface area contributed by atoms with Crippen LogP contribution in [0.5, 0.6) is 0 Å². The van der Waals surface area contributed by atoms with E-state index < -0.39 is 10.0 Å². The lowest BCUT2D eigenvalue weighted by molar-refractivity contribution is 0.0730. The fraction of sp³-hybridized carbons (Fsp3) is 0.360. The van der Waals surface area contributed by atoms with Gasteiger partial charge in [0, 0.05) is 26.2 Å². The third kappa shape index (κ3) is 4.69. The van der Waals surface area contributed by atoms with Gasteiger partial charge >= 0.3 is 0 Å². The van der Waals surface area contributed by atoms with E-state index in [0.29, 0.717) is 43.2 Å². The third-order valence-corrected chi connectivity index (χ3v) is 8.42. The molecular weight excluding hydrogens is 466 g/mol. The Morgan fingerprint density at radius 1 is 1.00 bits per heavy atom. The summed E-state index contributed by atoms with van der Waals surface area (Å²) in [5, 5.41) is 7.38. The Morgan fingerprint density at radius 3 is 2.43 bits per heavy atom. The summed E-state index contributed by atoms with van der Waals surface area (Å²) in [6.07, 6.45) is 3.66. The lowest BCUT2D eigenvalue weighted by Gasteiger charge is -2.27. The van der Waals surface area contributed by atoms with Gasteiger partial charge in [0.15, 0.2) is 0 Å². The summed E-state index contributed by atoms with van der Waals surface area (Å²) >= 11 is 0. The van der Waals surface area contributed by atoms with Crippen molar-refractivity contribution < 1.29 is 17.9 Å². The van der Waals surface area contributed by atoms with Crippen LogP contribution in [0.15, 0.2) is 59.6 Å². The van der Waals surface area contributed by atoms with Crippen LogP contribution in [-0.2, 0) is 14.8 Å². The zero-order valence-corrected chi connectivity index (χ0v) is 20.5. The highest BCUT2D eigenvalue weighted by atomic mass is 32.2. The molecule has 1 aromatic heterocycles. The van der Waals surface area contributed by atoms with Gasteiger partial charge < -0.3 is 15.0 Å². The van der Waals surface area contributed by atoms with Gasteiger partial charge in [-0.05, 0) is 50.1 Å². The smallest absolute Gasteiger partial charge is 0.259 e. The summed E-state index contributed by atoms with van der Waals surface area (Å²) in [4.78, 5) is 15.7. The van der Waals surface area contributed by atoms with Gasteiger partial charge in [-0.15, -0.1) is 0 Å². The number of benzene rings is 2. The van der Waals surface area contributed by atoms with Crippen molar-refractivity contribution in [3.8, 4) is 5.69 Å². The molecule has 0 aliphatic carbocycles. The monoisotopic (exact) mass is 495 g/mol. The number of sulfonamides is 1. The summed E-state index contributed by atoms with van der Waals surface area (Å²) in [5.41, 5.74) is 3.31. The lowest BCUT2D eigenvalue weighted by Crippen LogP contribution is -2.40. The molecule has 0 bridgehead atoms. The Bertz CT molecular complexity index is 1310. The molecule has 1 N–H and O–H groups in total. The Hall–Kier alpha value is -3.21. The SMILES string of the molecule is Cc1c(C(=O)Nc2cc(S(=O)(=O)N3CCOCC3)ccc2N2CCCC2)cnn1-c1ccccc1. The number of para-hydroxylation sites is 1. The van der Waals surface area contributed by atoms with Crippen LogP contribution >= 0.6 is 0 Å². The number of rotatable bonds is 6. The predicted molar refractivity (Wildman–Crippen MR) is 134 cm³/mol. The molecular formula is C25H29N5O4S. The van der Waals surface area contributed by atoms with Gasteiger partial charge in [0.2, 0.25) is 10.0 Å². The molecule has 2 fully saturated rings. The first-order chi connectivity index (χ1) is 16.9. The van der Waals surface area contributed by atoms with E-state index in [2.05, 4.69) is 15.3 Å². The van der Waals surface area contributed by atoms with E-state index in [0.717, 1.165) is 37.3 Å². The Morgan fingerprint density at radius 2 is 1.71 bits per heavy atom. The quantitative estimate of drug-likeness (QED) is 0.565. The minimum absolute atomic E-state index is 0.161. The molecule has 3 aromatic rings. The topological polar surface area (TPSA) is 96.8 Å². The maximum Gasteiger partial charge on any atom is 0.259 e. The molecule has 1 amide bonds. The summed E-state index contributed by atoms with van der Waals surface area (Å²) in [7, 11) is -3.70. The first-order valence-electron chi connectivity index (χ1n) is 11.8. The molecule has 2 saturated heterocycles. The number of carbonyl (C=O) groups excluding carboxylic acids is 1. The van der Waals surface area contributed by atoms with Crippen molar-refractivity contribution in [2.24, 2.45) is 0 Å². The van der Waals surface area contributed by atoms with Crippen molar-refractivity contribution in [1.29, 1.82) is 0 Å². The maximum atomic E-state index is 13.3. The van der Waals surface area contributed by atoms with Crippen LogP contribution in [-0.4, -0.2) is 67.8 Å². The maximum absolute atomic E-state index is 13.3. The van der Waals surface area contributed by atoms with Gasteiger partial charge in [-0.25, -0.2) is 13.1 Å². The largest absolute Gasteiger partial charge is 0.379 e. The molecule has 0 radical (unpaired) electrons. The second-order valence-electron chi connectivity index (χ2n) is 8.73. The van der Waals surface area contributed by atoms with Gasteiger partial charge in [-0.1, -0.05) is 18.2 Å². The van der Waals surface area contributed by atoms with Gasteiger partial charge in [-0.2, -0.15) is 9.40 Å². The molecule has 10 heteroatoms. The van der Waals surface area contributed by atoms with Crippen LogP contribution in [0.2, 0.25) is 0 Å². The van der Waals surface area contributed by atoms with Crippen molar-refractivity contribution in [3.05, 3.63) is 66.0 Å². The van der Waals surface area contributed by atoms with E-state index in [1.54, 1.807) is 29.1 Å². The third-order valence-electron chi connectivity index (χ3n) is 6.53. The predicted octanol–water partition coefficient (Wildman–Crippen LogP) is 3.05. The molecule has 0 spiro atoms. The first-order valence-corrected chi connectivity index (χ1v) is 13.3. The van der Waals surface area contributed by atoms with E-state index in [-0.39, 0.29) is 10.8 Å². The fourth-order valence-electron chi connectivity index (χ4n) is 4.60. The van der Waals surface area contributed by atoms with Crippen molar-refractivity contribution in [2.45, 2.75) is 24.7 Å². The van der Waals surface area contributed by atoms with E-state index in [4.69, 9.17) is 4.74 Å². The Balaban J connectivity index is 1.47. The highest BCUT2D eigenvalue weighted by Gasteiger charge is 2.28. The minimum atomic E-state index is -3.70. The fourth-order valence-corrected chi connectivity index (χ4v) is 6.03. The van der Waals surface area contributed by atoms with Crippen LogP contribution in [0.3, 0.4) is 0 Å². The number of ether oxygens (including phenoxy) is 1. The average molecular weight is 496 g/mol. The molecule has 2 aliphatic rings. The highest BCUT2D eigenvalue weighted by Crippen LogP contribution is 2.33. The number of hydrogen-bond acceptors (Lipinski definition) is 6. The molecule has 9 nitrogen and oxygen atoms in total. The number of nitrogens with zero attached hydrogens (tertiary/aromatic N) is 4. The van der Waals surface area contributed by atoms with Crippen LogP contribution < -0.4 is 10.2 Å². The van der Waals surface area contributed by atoms with Crippen LogP contribution in [0.25, 0.3) is 5.69 Å². The lowest BCUT2D eigenvalue weighted by atomic mass is 10.2. The number of carbonyl (C=O) groups is 1. The minimum Gasteiger partial charge on any atom is -0.379 e. The van der Waals surface area contributed by atoms with Gasteiger partial charge in [0.05, 0.1) is 52.6 Å². The van der Waals surface area contributed by atoms with Crippen LogP contribution in [0.1, 0.15) is 28.9 Å². The zero-order chi connectivity index (χ0) is 24.4. The number of amides is 1. The van der Waals surface area contributed by atoms with Gasteiger partial charge in [0.1, 0.15) is 0 Å². The van der Waals surface area contributed by atoms with Crippen LogP contribution in [0.4, 0.5) is 11.4 Å². The van der Waals surface area contributed by atoms with Crippen LogP contribution in [0, 0.1) is 6.92 Å². The molecule has 3 heterocycles. The van der Waals surface area contributed by atoms with E-state index in [1.807, 2.05) is 37.3 Å².